The Hall–Kier alpha value is -4.04. The number of pyridine rings is 2. The highest BCUT2D eigenvalue weighted by atomic mass is 16.5. The Morgan fingerprint density at radius 3 is 2.58 bits per heavy atom. The van der Waals surface area contributed by atoms with Gasteiger partial charge in [0.2, 0.25) is 0 Å². The minimum Gasteiger partial charge on any atom is -0.507 e. The summed E-state index contributed by atoms with van der Waals surface area (Å²) in [5.74, 6) is 2.31. The normalized spacial score (nSPS) is 15.1. The zero-order chi connectivity index (χ0) is 25.1. The summed E-state index contributed by atoms with van der Waals surface area (Å²) in [6.07, 6.45) is 3.39. The smallest absolute Gasteiger partial charge is 0.260 e. The van der Waals surface area contributed by atoms with E-state index in [0.717, 1.165) is 24.5 Å². The molecule has 1 aromatic carbocycles. The molecule has 36 heavy (non-hydrogen) atoms. The quantitative estimate of drug-likeness (QED) is 0.425. The average Bonchev–Trinajstić information content (AvgIpc) is 3.43. The van der Waals surface area contributed by atoms with Crippen LogP contribution in [-0.2, 0) is 6.54 Å². The lowest BCUT2D eigenvalue weighted by molar-refractivity contribution is 0.206. The number of aryl methyl sites for hydroxylation is 1. The van der Waals surface area contributed by atoms with Gasteiger partial charge in [0.15, 0.2) is 0 Å². The maximum atomic E-state index is 13.9. The first-order valence-corrected chi connectivity index (χ1v) is 12.0. The van der Waals surface area contributed by atoms with E-state index in [2.05, 4.69) is 14.8 Å². The van der Waals surface area contributed by atoms with E-state index in [1.54, 1.807) is 36.3 Å². The second-order valence-corrected chi connectivity index (χ2v) is 8.95. The van der Waals surface area contributed by atoms with E-state index >= 15 is 0 Å². The summed E-state index contributed by atoms with van der Waals surface area (Å²) in [7, 11) is 1.62. The molecule has 1 fully saturated rings. The van der Waals surface area contributed by atoms with Crippen LogP contribution in [0.1, 0.15) is 28.6 Å². The number of hydrogen-bond acceptors (Lipinski definition) is 7. The Balaban J connectivity index is 1.55. The van der Waals surface area contributed by atoms with Crippen molar-refractivity contribution in [3.05, 3.63) is 106 Å². The van der Waals surface area contributed by atoms with Crippen molar-refractivity contribution < 1.29 is 14.3 Å². The van der Waals surface area contributed by atoms with E-state index in [-0.39, 0.29) is 11.3 Å². The molecule has 4 heterocycles. The molecule has 4 aromatic rings. The van der Waals surface area contributed by atoms with Crippen LogP contribution in [0.4, 0.5) is 5.82 Å². The number of aromatic nitrogens is 2. The topological polar surface area (TPSA) is 84.0 Å². The number of nitrogens with zero attached hydrogens (tertiary/aromatic N) is 4. The van der Waals surface area contributed by atoms with Crippen molar-refractivity contribution in [3.8, 4) is 11.5 Å². The zero-order valence-electron chi connectivity index (χ0n) is 20.5. The third-order valence-corrected chi connectivity index (χ3v) is 6.75. The van der Waals surface area contributed by atoms with Gasteiger partial charge >= 0.3 is 0 Å². The Labute approximate surface area is 210 Å². The van der Waals surface area contributed by atoms with E-state index in [1.165, 1.54) is 0 Å². The molecule has 0 saturated carbocycles. The van der Waals surface area contributed by atoms with E-state index < -0.39 is 6.04 Å². The second-order valence-electron chi connectivity index (χ2n) is 8.95. The van der Waals surface area contributed by atoms with E-state index in [9.17, 15) is 9.90 Å². The molecule has 1 saturated heterocycles. The van der Waals surface area contributed by atoms with Gasteiger partial charge in [0, 0.05) is 38.1 Å². The van der Waals surface area contributed by atoms with Crippen LogP contribution < -0.4 is 15.2 Å². The van der Waals surface area contributed by atoms with E-state index in [4.69, 9.17) is 9.15 Å². The van der Waals surface area contributed by atoms with Crippen LogP contribution in [-0.4, -0.2) is 52.8 Å². The number of anilines is 1. The molecule has 1 N–H and O–H groups in total. The molecule has 0 unspecified atom stereocenters. The van der Waals surface area contributed by atoms with Crippen molar-refractivity contribution >= 4 is 5.82 Å². The fourth-order valence-electron chi connectivity index (χ4n) is 4.90. The highest BCUT2D eigenvalue weighted by Crippen LogP contribution is 2.35. The van der Waals surface area contributed by atoms with Crippen LogP contribution in [0.15, 0.2) is 82.3 Å². The van der Waals surface area contributed by atoms with Gasteiger partial charge in [-0.05, 0) is 55.0 Å². The molecule has 0 amide bonds. The lowest BCUT2D eigenvalue weighted by atomic mass is 9.95. The molecule has 0 spiro atoms. The van der Waals surface area contributed by atoms with Crippen molar-refractivity contribution in [2.75, 3.05) is 38.2 Å². The van der Waals surface area contributed by atoms with Crippen molar-refractivity contribution in [1.82, 2.24) is 14.5 Å². The van der Waals surface area contributed by atoms with Crippen LogP contribution in [0.2, 0.25) is 0 Å². The number of rotatable bonds is 7. The van der Waals surface area contributed by atoms with Gasteiger partial charge in [-0.3, -0.25) is 9.69 Å². The Morgan fingerprint density at radius 2 is 1.89 bits per heavy atom. The number of furan rings is 1. The third-order valence-electron chi connectivity index (χ3n) is 6.75. The number of methoxy groups -OCH3 is 1. The maximum Gasteiger partial charge on any atom is 0.260 e. The summed E-state index contributed by atoms with van der Waals surface area (Å²) in [5.41, 5.74) is 1.68. The highest BCUT2D eigenvalue weighted by Gasteiger charge is 2.32. The van der Waals surface area contributed by atoms with Crippen LogP contribution in [0.5, 0.6) is 11.5 Å². The monoisotopic (exact) mass is 486 g/mol. The Kier molecular flexibility index (Phi) is 6.77. The molecular formula is C28H30N4O4. The molecule has 0 bridgehead atoms. The lowest BCUT2D eigenvalue weighted by Crippen LogP contribution is -2.49. The molecule has 1 aliphatic rings. The standard InChI is InChI=1S/C28H30N4O4/c1-20-17-24(33)26(28(34)32(20)19-23-9-6-16-36-23)27(21-7-5-8-22(18-21)35-2)31-14-12-30(13-15-31)25-10-3-4-11-29-25/h3-11,16-18,27,33H,12-15,19H2,1-2H3/t27-/m0/s1. The first-order valence-electron chi connectivity index (χ1n) is 12.0. The van der Waals surface area contributed by atoms with Gasteiger partial charge in [0.25, 0.3) is 5.56 Å². The SMILES string of the molecule is COc1cccc([C@@H](c2c(O)cc(C)n(Cc3ccco3)c2=O)N2CCN(c3ccccn3)CC2)c1. The van der Waals surface area contributed by atoms with Gasteiger partial charge < -0.3 is 23.7 Å². The Bertz CT molecular complexity index is 1360. The van der Waals surface area contributed by atoms with Crippen LogP contribution in [0.3, 0.4) is 0 Å². The summed E-state index contributed by atoms with van der Waals surface area (Å²) >= 11 is 0. The molecule has 8 nitrogen and oxygen atoms in total. The minimum absolute atomic E-state index is 0.00632. The first kappa shape index (κ1) is 23.7. The molecule has 0 radical (unpaired) electrons. The van der Waals surface area contributed by atoms with Gasteiger partial charge in [-0.2, -0.15) is 0 Å². The molecule has 5 rings (SSSR count). The van der Waals surface area contributed by atoms with Gasteiger partial charge in [0.1, 0.15) is 23.1 Å². The zero-order valence-corrected chi connectivity index (χ0v) is 20.5. The second kappa shape index (κ2) is 10.3. The summed E-state index contributed by atoms with van der Waals surface area (Å²) < 4.78 is 12.6. The van der Waals surface area contributed by atoms with Gasteiger partial charge in [-0.25, -0.2) is 4.98 Å². The van der Waals surface area contributed by atoms with Crippen LogP contribution >= 0.6 is 0 Å². The van der Waals surface area contributed by atoms with Gasteiger partial charge in [0.05, 0.1) is 31.5 Å². The van der Waals surface area contributed by atoms with Gasteiger partial charge in [-0.1, -0.05) is 18.2 Å². The van der Waals surface area contributed by atoms with Crippen molar-refractivity contribution in [1.29, 1.82) is 0 Å². The van der Waals surface area contributed by atoms with Gasteiger partial charge in [-0.15, -0.1) is 0 Å². The summed E-state index contributed by atoms with van der Waals surface area (Å²) in [4.78, 5) is 22.9. The lowest BCUT2D eigenvalue weighted by Gasteiger charge is -2.40. The number of piperazine rings is 1. The predicted molar refractivity (Wildman–Crippen MR) is 138 cm³/mol. The van der Waals surface area contributed by atoms with E-state index in [0.29, 0.717) is 42.4 Å². The van der Waals surface area contributed by atoms with Crippen LogP contribution in [0.25, 0.3) is 0 Å². The number of benzene rings is 1. The van der Waals surface area contributed by atoms with E-state index in [1.807, 2.05) is 55.5 Å². The number of aromatic hydroxyl groups is 1. The molecular weight excluding hydrogens is 456 g/mol. The average molecular weight is 487 g/mol. The fraction of sp³-hybridized carbons (Fsp3) is 0.286. The molecule has 3 aromatic heterocycles. The maximum absolute atomic E-state index is 13.9. The van der Waals surface area contributed by atoms with Crippen molar-refractivity contribution in [2.24, 2.45) is 0 Å². The molecule has 1 aliphatic heterocycles. The molecule has 0 aliphatic carbocycles. The van der Waals surface area contributed by atoms with Crippen molar-refractivity contribution in [2.45, 2.75) is 19.5 Å². The molecule has 186 valence electrons. The minimum atomic E-state index is -0.443. The number of hydrogen-bond donors (Lipinski definition) is 1. The number of ether oxygens (including phenoxy) is 1. The molecule has 8 heteroatoms. The molecule has 1 atom stereocenters. The van der Waals surface area contributed by atoms with Crippen molar-refractivity contribution in [3.63, 3.8) is 0 Å². The largest absolute Gasteiger partial charge is 0.507 e. The van der Waals surface area contributed by atoms with Crippen LogP contribution in [0, 0.1) is 6.92 Å². The Morgan fingerprint density at radius 1 is 1.06 bits per heavy atom. The summed E-state index contributed by atoms with van der Waals surface area (Å²) in [6, 6.07) is 18.5. The highest BCUT2D eigenvalue weighted by molar-refractivity contribution is 5.44. The fourth-order valence-corrected chi connectivity index (χ4v) is 4.90. The third kappa shape index (κ3) is 4.72. The summed E-state index contributed by atoms with van der Waals surface area (Å²) in [5, 5.41) is 11.1. The summed E-state index contributed by atoms with van der Waals surface area (Å²) in [6.45, 7) is 5.02. The predicted octanol–water partition coefficient (Wildman–Crippen LogP) is 3.82. The first-order chi connectivity index (χ1) is 17.5.